The number of benzene rings is 1. The highest BCUT2D eigenvalue weighted by Crippen LogP contribution is 2.23. The molecule has 18 heavy (non-hydrogen) atoms. The summed E-state index contributed by atoms with van der Waals surface area (Å²) in [4.78, 5) is 15.9. The molecule has 1 aromatic heterocycles. The van der Waals surface area contributed by atoms with Crippen molar-refractivity contribution in [2.24, 2.45) is 0 Å². The molecule has 0 unspecified atom stereocenters. The zero-order chi connectivity index (χ0) is 13.1. The SMILES string of the molecule is Cc1c(Cl)cccc1NC(=O)c1cnccc1N. The van der Waals surface area contributed by atoms with Crippen LogP contribution in [0.25, 0.3) is 0 Å². The molecule has 5 heteroatoms. The van der Waals surface area contributed by atoms with Crippen LogP contribution < -0.4 is 11.1 Å². The number of rotatable bonds is 2. The zero-order valence-electron chi connectivity index (χ0n) is 9.77. The molecule has 0 bridgehead atoms. The summed E-state index contributed by atoms with van der Waals surface area (Å²) in [6.07, 6.45) is 2.97. The maximum Gasteiger partial charge on any atom is 0.259 e. The van der Waals surface area contributed by atoms with Crippen molar-refractivity contribution in [2.75, 3.05) is 11.1 Å². The van der Waals surface area contributed by atoms with Crippen LogP contribution in [0.3, 0.4) is 0 Å². The monoisotopic (exact) mass is 261 g/mol. The predicted molar refractivity (Wildman–Crippen MR) is 72.8 cm³/mol. The highest BCUT2D eigenvalue weighted by Gasteiger charge is 2.11. The van der Waals surface area contributed by atoms with E-state index in [-0.39, 0.29) is 5.91 Å². The number of hydrogen-bond donors (Lipinski definition) is 2. The van der Waals surface area contributed by atoms with E-state index in [1.807, 2.05) is 6.92 Å². The molecular weight excluding hydrogens is 250 g/mol. The summed E-state index contributed by atoms with van der Waals surface area (Å²) < 4.78 is 0. The summed E-state index contributed by atoms with van der Waals surface area (Å²) in [5.74, 6) is -0.300. The smallest absolute Gasteiger partial charge is 0.259 e. The van der Waals surface area contributed by atoms with Gasteiger partial charge in [-0.15, -0.1) is 0 Å². The zero-order valence-corrected chi connectivity index (χ0v) is 10.5. The van der Waals surface area contributed by atoms with Gasteiger partial charge in [0.15, 0.2) is 0 Å². The van der Waals surface area contributed by atoms with E-state index >= 15 is 0 Å². The van der Waals surface area contributed by atoms with Crippen molar-refractivity contribution < 1.29 is 4.79 Å². The van der Waals surface area contributed by atoms with Gasteiger partial charge in [-0.05, 0) is 30.7 Å². The third-order valence-corrected chi connectivity index (χ3v) is 3.02. The summed E-state index contributed by atoms with van der Waals surface area (Å²) >= 11 is 5.99. The van der Waals surface area contributed by atoms with Crippen LogP contribution in [0.4, 0.5) is 11.4 Å². The number of nitrogens with two attached hydrogens (primary N) is 1. The standard InChI is InChI=1S/C13H12ClN3O/c1-8-10(14)3-2-4-12(8)17-13(18)9-7-16-6-5-11(9)15/h2-7H,1H3,(H2,15,16)(H,17,18). The van der Waals surface area contributed by atoms with Crippen LogP contribution >= 0.6 is 11.6 Å². The molecule has 3 N–H and O–H groups in total. The van der Waals surface area contributed by atoms with Crippen LogP contribution in [-0.4, -0.2) is 10.9 Å². The molecule has 4 nitrogen and oxygen atoms in total. The van der Waals surface area contributed by atoms with Crippen molar-refractivity contribution in [3.63, 3.8) is 0 Å². The van der Waals surface area contributed by atoms with Gasteiger partial charge in [-0.25, -0.2) is 0 Å². The van der Waals surface area contributed by atoms with E-state index in [1.165, 1.54) is 12.4 Å². The number of aromatic nitrogens is 1. The van der Waals surface area contributed by atoms with Gasteiger partial charge in [0.05, 0.1) is 5.56 Å². The van der Waals surface area contributed by atoms with Crippen LogP contribution in [0.5, 0.6) is 0 Å². The molecule has 92 valence electrons. The lowest BCUT2D eigenvalue weighted by Crippen LogP contribution is -2.15. The molecule has 2 rings (SSSR count). The summed E-state index contributed by atoms with van der Waals surface area (Å²) in [5.41, 5.74) is 7.93. The Labute approximate surface area is 110 Å². The van der Waals surface area contributed by atoms with Gasteiger partial charge in [0.25, 0.3) is 5.91 Å². The molecule has 0 spiro atoms. The largest absolute Gasteiger partial charge is 0.398 e. The topological polar surface area (TPSA) is 68.0 Å². The van der Waals surface area contributed by atoms with Crippen molar-refractivity contribution in [3.8, 4) is 0 Å². The van der Waals surface area contributed by atoms with Crippen LogP contribution in [0.1, 0.15) is 15.9 Å². The Hall–Kier alpha value is -2.07. The number of halogens is 1. The van der Waals surface area contributed by atoms with E-state index in [0.717, 1.165) is 5.56 Å². The number of nitrogens with one attached hydrogen (secondary N) is 1. The van der Waals surface area contributed by atoms with Gasteiger partial charge in [0.1, 0.15) is 0 Å². The van der Waals surface area contributed by atoms with Crippen molar-refractivity contribution in [1.29, 1.82) is 0 Å². The summed E-state index contributed by atoms with van der Waals surface area (Å²) in [6, 6.07) is 6.91. The predicted octanol–water partition coefficient (Wildman–Crippen LogP) is 2.88. The molecule has 0 fully saturated rings. The molecule has 1 amide bonds. The Morgan fingerprint density at radius 2 is 2.17 bits per heavy atom. The summed E-state index contributed by atoms with van der Waals surface area (Å²) in [6.45, 7) is 1.84. The molecular formula is C13H12ClN3O. The van der Waals surface area contributed by atoms with E-state index < -0.39 is 0 Å². The minimum atomic E-state index is -0.300. The van der Waals surface area contributed by atoms with Crippen LogP contribution in [-0.2, 0) is 0 Å². The third kappa shape index (κ3) is 2.43. The second kappa shape index (κ2) is 5.06. The summed E-state index contributed by atoms with van der Waals surface area (Å²) in [5, 5.41) is 3.37. The van der Waals surface area contributed by atoms with E-state index in [9.17, 15) is 4.79 Å². The molecule has 0 aliphatic rings. The molecule has 0 aliphatic carbocycles. The number of pyridine rings is 1. The molecule has 0 saturated heterocycles. The lowest BCUT2D eigenvalue weighted by atomic mass is 10.1. The maximum atomic E-state index is 12.0. The van der Waals surface area contributed by atoms with Gasteiger partial charge >= 0.3 is 0 Å². The first-order chi connectivity index (χ1) is 8.59. The van der Waals surface area contributed by atoms with Gasteiger partial charge in [-0.1, -0.05) is 17.7 Å². The number of hydrogen-bond acceptors (Lipinski definition) is 3. The average Bonchev–Trinajstić information content (AvgIpc) is 2.35. The molecule has 1 aromatic carbocycles. The number of amides is 1. The number of nitrogens with zero attached hydrogens (tertiary/aromatic N) is 1. The van der Waals surface area contributed by atoms with Crippen molar-refractivity contribution >= 4 is 28.9 Å². The quantitative estimate of drug-likeness (QED) is 0.873. The minimum Gasteiger partial charge on any atom is -0.398 e. The Balaban J connectivity index is 2.27. The maximum absolute atomic E-state index is 12.0. The van der Waals surface area contributed by atoms with E-state index in [2.05, 4.69) is 10.3 Å². The first-order valence-corrected chi connectivity index (χ1v) is 5.73. The Kier molecular flexibility index (Phi) is 3.48. The highest BCUT2D eigenvalue weighted by atomic mass is 35.5. The van der Waals surface area contributed by atoms with Gasteiger partial charge in [-0.2, -0.15) is 0 Å². The van der Waals surface area contributed by atoms with Crippen LogP contribution in [0.15, 0.2) is 36.7 Å². The van der Waals surface area contributed by atoms with Crippen LogP contribution in [0.2, 0.25) is 5.02 Å². The fraction of sp³-hybridized carbons (Fsp3) is 0.0769. The second-order valence-corrected chi connectivity index (χ2v) is 4.24. The number of anilines is 2. The number of nitrogen functional groups attached to an aromatic ring is 1. The molecule has 1 heterocycles. The van der Waals surface area contributed by atoms with E-state index in [0.29, 0.717) is 22.0 Å². The van der Waals surface area contributed by atoms with Gasteiger partial charge in [-0.3, -0.25) is 9.78 Å². The van der Waals surface area contributed by atoms with Crippen molar-refractivity contribution in [3.05, 3.63) is 52.8 Å². The first kappa shape index (κ1) is 12.4. The third-order valence-electron chi connectivity index (χ3n) is 2.62. The Bertz CT molecular complexity index is 599. The first-order valence-electron chi connectivity index (χ1n) is 5.35. The lowest BCUT2D eigenvalue weighted by molar-refractivity contribution is 0.102. The van der Waals surface area contributed by atoms with Gasteiger partial charge in [0, 0.05) is 28.8 Å². The lowest BCUT2D eigenvalue weighted by Gasteiger charge is -2.10. The van der Waals surface area contributed by atoms with E-state index in [4.69, 9.17) is 17.3 Å². The highest BCUT2D eigenvalue weighted by molar-refractivity contribution is 6.31. The Morgan fingerprint density at radius 3 is 2.89 bits per heavy atom. The molecule has 0 atom stereocenters. The number of carbonyl (C=O) groups is 1. The molecule has 0 saturated carbocycles. The fourth-order valence-electron chi connectivity index (χ4n) is 1.53. The van der Waals surface area contributed by atoms with Crippen molar-refractivity contribution in [2.45, 2.75) is 6.92 Å². The Morgan fingerprint density at radius 1 is 1.39 bits per heavy atom. The number of carbonyl (C=O) groups excluding carboxylic acids is 1. The molecule has 0 radical (unpaired) electrons. The summed E-state index contributed by atoms with van der Waals surface area (Å²) in [7, 11) is 0. The molecule has 2 aromatic rings. The fourth-order valence-corrected chi connectivity index (χ4v) is 1.70. The second-order valence-electron chi connectivity index (χ2n) is 3.83. The van der Waals surface area contributed by atoms with E-state index in [1.54, 1.807) is 24.3 Å². The van der Waals surface area contributed by atoms with Gasteiger partial charge < -0.3 is 11.1 Å². The van der Waals surface area contributed by atoms with Crippen LogP contribution in [0, 0.1) is 6.92 Å². The molecule has 0 aliphatic heterocycles. The minimum absolute atomic E-state index is 0.300. The van der Waals surface area contributed by atoms with Gasteiger partial charge in [0.2, 0.25) is 0 Å². The van der Waals surface area contributed by atoms with Crippen molar-refractivity contribution in [1.82, 2.24) is 4.98 Å². The average molecular weight is 262 g/mol. The normalized spacial score (nSPS) is 10.1.